The second-order valence-corrected chi connectivity index (χ2v) is 17.4. The van der Waals surface area contributed by atoms with Crippen LogP contribution in [0.15, 0.2) is 122 Å². The first-order valence-corrected chi connectivity index (χ1v) is 19.7. The number of fused-ring (bicyclic) bond motifs is 4. The van der Waals surface area contributed by atoms with E-state index in [1.54, 1.807) is 0 Å². The zero-order valence-electron chi connectivity index (χ0n) is 34.2. The molecule has 0 N–H and O–H groups in total. The number of rotatable bonds is 5. The van der Waals surface area contributed by atoms with Crippen molar-refractivity contribution in [2.24, 2.45) is 0 Å². The summed E-state index contributed by atoms with van der Waals surface area (Å²) in [5.41, 5.74) is 13.7. The first-order chi connectivity index (χ1) is 27.2. The smallest absolute Gasteiger partial charge is 0.164 e. The van der Waals surface area contributed by atoms with Crippen LogP contribution in [0.1, 0.15) is 69.4 Å². The number of pyridine rings is 1. The van der Waals surface area contributed by atoms with Crippen molar-refractivity contribution in [3.8, 4) is 45.7 Å². The SMILES string of the molecule is Cc1cc(C)c(-c2nc(-c3cc(-n4cnc5ccccc54)cc(C(C)(C)C)c3)nc(-c3ccc4c5ccccc5n(-c5cc(C(C)(C)C)ccn5)c4c3)n2)c(C)c1. The maximum atomic E-state index is 5.32. The van der Waals surface area contributed by atoms with Crippen molar-refractivity contribution in [2.75, 3.05) is 0 Å². The fourth-order valence-electron chi connectivity index (χ4n) is 8.12. The molecule has 0 aliphatic carbocycles. The fraction of sp³-hybridized carbons (Fsp3) is 0.220. The summed E-state index contributed by atoms with van der Waals surface area (Å²) in [6.45, 7) is 19.9. The third-order valence-corrected chi connectivity index (χ3v) is 11.1. The number of nitrogens with zero attached hydrogens (tertiary/aromatic N) is 7. The number of aromatic nitrogens is 7. The van der Waals surface area contributed by atoms with Gasteiger partial charge in [0, 0.05) is 39.3 Å². The zero-order valence-corrected chi connectivity index (χ0v) is 34.2. The van der Waals surface area contributed by atoms with E-state index in [4.69, 9.17) is 24.9 Å². The second-order valence-electron chi connectivity index (χ2n) is 17.4. The molecule has 57 heavy (non-hydrogen) atoms. The van der Waals surface area contributed by atoms with Crippen LogP contribution in [-0.4, -0.2) is 34.1 Å². The fourth-order valence-corrected chi connectivity index (χ4v) is 8.12. The molecule has 5 aromatic carbocycles. The molecule has 4 heterocycles. The molecule has 0 amide bonds. The summed E-state index contributed by atoms with van der Waals surface area (Å²) in [5.74, 6) is 2.76. The highest BCUT2D eigenvalue weighted by atomic mass is 15.1. The summed E-state index contributed by atoms with van der Waals surface area (Å²) in [6, 6.07) is 38.7. The van der Waals surface area contributed by atoms with Gasteiger partial charge < -0.3 is 0 Å². The maximum absolute atomic E-state index is 5.32. The number of para-hydroxylation sites is 3. The molecule has 0 aliphatic rings. The number of aryl methyl sites for hydroxylation is 3. The minimum atomic E-state index is -0.138. The molecule has 0 bridgehead atoms. The third kappa shape index (κ3) is 6.47. The molecule has 9 rings (SSSR count). The standard InChI is InChI=1S/C50H47N7/c1-30-22-31(2)45(32(3)23-30)48-54-46(53-47(55-48)34-24-36(50(7,8)9)27-37(25-34)56-29-52-40-15-11-13-17-42(40)56)33-18-19-39-38-14-10-12-16-41(38)57(43(39)26-33)44-28-35(20-21-51-44)49(4,5)6/h10-29H,1-9H3. The Morgan fingerprint density at radius 1 is 0.509 bits per heavy atom. The highest BCUT2D eigenvalue weighted by molar-refractivity contribution is 6.10. The predicted octanol–water partition coefficient (Wildman–Crippen LogP) is 12.2. The van der Waals surface area contributed by atoms with Gasteiger partial charge in [-0.1, -0.05) is 102 Å². The van der Waals surface area contributed by atoms with Gasteiger partial charge in [0.05, 0.1) is 22.1 Å². The summed E-state index contributed by atoms with van der Waals surface area (Å²) < 4.78 is 4.43. The van der Waals surface area contributed by atoms with Crippen molar-refractivity contribution in [2.45, 2.75) is 73.1 Å². The van der Waals surface area contributed by atoms with Gasteiger partial charge in [-0.05, 0) is 108 Å². The van der Waals surface area contributed by atoms with Crippen LogP contribution in [0.3, 0.4) is 0 Å². The molecule has 282 valence electrons. The molecule has 7 heteroatoms. The quantitative estimate of drug-likeness (QED) is 0.175. The van der Waals surface area contributed by atoms with Crippen molar-refractivity contribution >= 4 is 32.8 Å². The van der Waals surface area contributed by atoms with Gasteiger partial charge in [0.25, 0.3) is 0 Å². The lowest BCUT2D eigenvalue weighted by molar-refractivity contribution is 0.588. The van der Waals surface area contributed by atoms with Gasteiger partial charge in [-0.25, -0.2) is 24.9 Å². The molecule has 0 saturated heterocycles. The monoisotopic (exact) mass is 745 g/mol. The van der Waals surface area contributed by atoms with E-state index in [9.17, 15) is 0 Å². The summed E-state index contributed by atoms with van der Waals surface area (Å²) in [6.07, 6.45) is 3.82. The van der Waals surface area contributed by atoms with Crippen LogP contribution < -0.4 is 0 Å². The van der Waals surface area contributed by atoms with Crippen molar-refractivity contribution < 1.29 is 0 Å². The molecule has 0 saturated carbocycles. The molecule has 7 nitrogen and oxygen atoms in total. The van der Waals surface area contributed by atoms with Gasteiger partial charge in [-0.15, -0.1) is 0 Å². The van der Waals surface area contributed by atoms with Gasteiger partial charge in [0.2, 0.25) is 0 Å². The Labute approximate surface area is 334 Å². The van der Waals surface area contributed by atoms with E-state index in [2.05, 4.69) is 169 Å². The van der Waals surface area contributed by atoms with Gasteiger partial charge in [0.1, 0.15) is 12.1 Å². The average Bonchev–Trinajstić information content (AvgIpc) is 3.76. The number of benzene rings is 5. The Kier molecular flexibility index (Phi) is 8.47. The molecule has 0 spiro atoms. The largest absolute Gasteiger partial charge is 0.299 e. The van der Waals surface area contributed by atoms with Crippen LogP contribution >= 0.6 is 0 Å². The molecule has 0 unspecified atom stereocenters. The van der Waals surface area contributed by atoms with Crippen molar-refractivity contribution in [3.63, 3.8) is 0 Å². The van der Waals surface area contributed by atoms with Crippen LogP contribution in [0.2, 0.25) is 0 Å². The lowest BCUT2D eigenvalue weighted by Crippen LogP contribution is -2.12. The minimum absolute atomic E-state index is 0.0271. The summed E-state index contributed by atoms with van der Waals surface area (Å²) in [5, 5.41) is 2.32. The Morgan fingerprint density at radius 3 is 1.89 bits per heavy atom. The Bertz CT molecular complexity index is 3000. The molecular formula is C50H47N7. The third-order valence-electron chi connectivity index (χ3n) is 11.1. The van der Waals surface area contributed by atoms with E-state index in [0.717, 1.165) is 66.8 Å². The molecular weight excluding hydrogens is 699 g/mol. The molecule has 0 radical (unpaired) electrons. The van der Waals surface area contributed by atoms with Gasteiger partial charge in [-0.2, -0.15) is 0 Å². The van der Waals surface area contributed by atoms with Crippen molar-refractivity contribution in [3.05, 3.63) is 150 Å². The summed E-state index contributed by atoms with van der Waals surface area (Å²) >= 11 is 0. The van der Waals surface area contributed by atoms with E-state index in [1.807, 2.05) is 24.7 Å². The van der Waals surface area contributed by atoms with Gasteiger partial charge in [0.15, 0.2) is 17.5 Å². The zero-order chi connectivity index (χ0) is 39.8. The number of imidazole rings is 1. The highest BCUT2D eigenvalue weighted by Crippen LogP contribution is 2.37. The van der Waals surface area contributed by atoms with Gasteiger partial charge >= 0.3 is 0 Å². The summed E-state index contributed by atoms with van der Waals surface area (Å²) in [7, 11) is 0. The van der Waals surface area contributed by atoms with E-state index < -0.39 is 0 Å². The molecule has 0 fully saturated rings. The van der Waals surface area contributed by atoms with E-state index in [-0.39, 0.29) is 10.8 Å². The lowest BCUT2D eigenvalue weighted by atomic mass is 9.85. The first-order valence-electron chi connectivity index (χ1n) is 19.7. The molecule has 9 aromatic rings. The van der Waals surface area contributed by atoms with Crippen LogP contribution in [0, 0.1) is 20.8 Å². The van der Waals surface area contributed by atoms with Crippen molar-refractivity contribution in [1.29, 1.82) is 0 Å². The van der Waals surface area contributed by atoms with E-state index in [0.29, 0.717) is 17.5 Å². The van der Waals surface area contributed by atoms with Crippen molar-refractivity contribution in [1.82, 2.24) is 34.1 Å². The first kappa shape index (κ1) is 36.2. The Balaban J connectivity index is 1.30. The van der Waals surface area contributed by atoms with Crippen LogP contribution in [-0.2, 0) is 10.8 Å². The van der Waals surface area contributed by atoms with Crippen LogP contribution in [0.5, 0.6) is 0 Å². The molecule has 4 aromatic heterocycles. The van der Waals surface area contributed by atoms with E-state index in [1.165, 1.54) is 22.1 Å². The highest BCUT2D eigenvalue weighted by Gasteiger charge is 2.23. The topological polar surface area (TPSA) is 74.3 Å². The Hall–Kier alpha value is -6.47. The normalized spacial score (nSPS) is 12.3. The van der Waals surface area contributed by atoms with Gasteiger partial charge in [-0.3, -0.25) is 9.13 Å². The summed E-state index contributed by atoms with van der Waals surface area (Å²) in [4.78, 5) is 25.5. The maximum Gasteiger partial charge on any atom is 0.164 e. The Morgan fingerprint density at radius 2 is 1.16 bits per heavy atom. The minimum Gasteiger partial charge on any atom is -0.299 e. The molecule has 0 atom stereocenters. The average molecular weight is 746 g/mol. The second kappa shape index (κ2) is 13.3. The van der Waals surface area contributed by atoms with Crippen LogP contribution in [0.25, 0.3) is 78.5 Å². The molecule has 0 aliphatic heterocycles. The van der Waals surface area contributed by atoms with Crippen LogP contribution in [0.4, 0.5) is 0 Å². The number of hydrogen-bond acceptors (Lipinski definition) is 5. The predicted molar refractivity (Wildman–Crippen MR) is 235 cm³/mol. The number of hydrogen-bond donors (Lipinski definition) is 0. The van der Waals surface area contributed by atoms with E-state index >= 15 is 0 Å². The lowest BCUT2D eigenvalue weighted by Gasteiger charge is -2.22.